The van der Waals surface area contributed by atoms with E-state index in [1.54, 1.807) is 38.2 Å². The lowest BCUT2D eigenvalue weighted by Crippen LogP contribution is -2.56. The van der Waals surface area contributed by atoms with Crippen LogP contribution in [-0.2, 0) is 4.79 Å². The van der Waals surface area contributed by atoms with E-state index in [0.717, 1.165) is 19.3 Å². The molecule has 2 rings (SSSR count). The van der Waals surface area contributed by atoms with Gasteiger partial charge in [-0.3, -0.25) is 4.79 Å². The van der Waals surface area contributed by atoms with Gasteiger partial charge in [-0.2, -0.15) is 10.5 Å². The zero-order valence-electron chi connectivity index (χ0n) is 12.2. The van der Waals surface area contributed by atoms with E-state index >= 15 is 0 Å². The van der Waals surface area contributed by atoms with Crippen molar-refractivity contribution in [2.75, 3.05) is 7.05 Å². The lowest BCUT2D eigenvalue weighted by atomic mass is 9.76. The van der Waals surface area contributed by atoms with E-state index in [2.05, 4.69) is 6.07 Å². The van der Waals surface area contributed by atoms with Gasteiger partial charge in [-0.05, 0) is 50.5 Å². The molecule has 108 valence electrons. The molecule has 1 saturated carbocycles. The van der Waals surface area contributed by atoms with Crippen LogP contribution in [-0.4, -0.2) is 29.5 Å². The van der Waals surface area contributed by atoms with Crippen molar-refractivity contribution < 1.29 is 9.53 Å². The van der Waals surface area contributed by atoms with Crippen LogP contribution in [0.15, 0.2) is 24.3 Å². The summed E-state index contributed by atoms with van der Waals surface area (Å²) in [7, 11) is 1.66. The predicted molar refractivity (Wildman–Crippen MR) is 76.2 cm³/mol. The first kappa shape index (κ1) is 14.9. The van der Waals surface area contributed by atoms with E-state index in [1.165, 1.54) is 4.90 Å². The lowest BCUT2D eigenvalue weighted by Gasteiger charge is -2.43. The summed E-state index contributed by atoms with van der Waals surface area (Å²) in [6, 6.07) is 10.9. The summed E-state index contributed by atoms with van der Waals surface area (Å²) in [6.45, 7) is 1.67. The summed E-state index contributed by atoms with van der Waals surface area (Å²) in [4.78, 5) is 13.9. The second-order valence-corrected chi connectivity index (χ2v) is 5.29. The number of nitriles is 2. The van der Waals surface area contributed by atoms with Crippen LogP contribution in [0.25, 0.3) is 0 Å². The fourth-order valence-electron chi connectivity index (χ4n) is 2.38. The van der Waals surface area contributed by atoms with E-state index in [0.29, 0.717) is 11.3 Å². The molecular weight excluding hydrogens is 266 g/mol. The maximum atomic E-state index is 12.4. The summed E-state index contributed by atoms with van der Waals surface area (Å²) in [5.41, 5.74) is -0.129. The van der Waals surface area contributed by atoms with E-state index in [4.69, 9.17) is 10.00 Å². The Morgan fingerprint density at radius 1 is 1.33 bits per heavy atom. The Kier molecular flexibility index (Phi) is 4.14. The van der Waals surface area contributed by atoms with Gasteiger partial charge in [0.2, 0.25) is 0 Å². The number of ether oxygens (including phenoxy) is 1. The third-order valence-corrected chi connectivity index (χ3v) is 4.01. The molecule has 5 heteroatoms. The van der Waals surface area contributed by atoms with Gasteiger partial charge < -0.3 is 9.64 Å². The first-order valence-electron chi connectivity index (χ1n) is 6.88. The molecule has 1 aromatic carbocycles. The molecule has 0 N–H and O–H groups in total. The normalized spacial score (nSPS) is 16.8. The third-order valence-electron chi connectivity index (χ3n) is 4.01. The van der Waals surface area contributed by atoms with Crippen molar-refractivity contribution in [2.24, 2.45) is 0 Å². The summed E-state index contributed by atoms with van der Waals surface area (Å²) in [5.74, 6) is 0.323. The van der Waals surface area contributed by atoms with Crippen LogP contribution in [0.3, 0.4) is 0 Å². The Morgan fingerprint density at radius 3 is 2.38 bits per heavy atom. The third kappa shape index (κ3) is 2.83. The quantitative estimate of drug-likeness (QED) is 0.849. The van der Waals surface area contributed by atoms with E-state index in [9.17, 15) is 10.1 Å². The first-order valence-corrected chi connectivity index (χ1v) is 6.88. The number of hydrogen-bond donors (Lipinski definition) is 0. The minimum Gasteiger partial charge on any atom is -0.481 e. The molecule has 0 aliphatic heterocycles. The highest BCUT2D eigenvalue weighted by atomic mass is 16.5. The molecule has 0 aromatic heterocycles. The molecule has 1 fully saturated rings. The van der Waals surface area contributed by atoms with E-state index in [-0.39, 0.29) is 5.91 Å². The smallest absolute Gasteiger partial charge is 0.264 e. The number of carbonyl (C=O) groups is 1. The average molecular weight is 283 g/mol. The number of rotatable bonds is 4. The van der Waals surface area contributed by atoms with Crippen molar-refractivity contribution >= 4 is 5.91 Å². The van der Waals surface area contributed by atoms with Gasteiger partial charge in [0, 0.05) is 7.05 Å². The Hall–Kier alpha value is -2.53. The number of carbonyl (C=O) groups excluding carboxylic acids is 1. The maximum Gasteiger partial charge on any atom is 0.264 e. The zero-order valence-corrected chi connectivity index (χ0v) is 12.2. The standard InChI is InChI=1S/C16H17N3O2/c1-12(21-14-6-4-13(10-17)5-7-14)15(20)19(2)16(11-18)8-3-9-16/h4-7,12H,3,8-9H2,1-2H3. The number of amides is 1. The van der Waals surface area contributed by atoms with Crippen LogP contribution in [0.1, 0.15) is 31.7 Å². The van der Waals surface area contributed by atoms with Crippen LogP contribution in [0.5, 0.6) is 5.75 Å². The first-order chi connectivity index (χ1) is 10.0. The van der Waals surface area contributed by atoms with Crippen LogP contribution in [0.4, 0.5) is 0 Å². The van der Waals surface area contributed by atoms with Crippen LogP contribution in [0, 0.1) is 22.7 Å². The van der Waals surface area contributed by atoms with Gasteiger partial charge in [-0.15, -0.1) is 0 Å². The van der Waals surface area contributed by atoms with Crippen LogP contribution < -0.4 is 4.74 Å². The molecule has 1 unspecified atom stereocenters. The second kappa shape index (κ2) is 5.85. The largest absolute Gasteiger partial charge is 0.481 e. The summed E-state index contributed by atoms with van der Waals surface area (Å²) in [6.07, 6.45) is 1.73. The molecule has 1 aliphatic carbocycles. The van der Waals surface area contributed by atoms with E-state index in [1.807, 2.05) is 6.07 Å². The Balaban J connectivity index is 2.02. The molecule has 1 atom stereocenters. The van der Waals surface area contributed by atoms with Crippen molar-refractivity contribution in [3.8, 4) is 17.9 Å². The monoisotopic (exact) mass is 283 g/mol. The molecule has 1 aliphatic rings. The van der Waals surface area contributed by atoms with Gasteiger partial charge in [0.25, 0.3) is 5.91 Å². The van der Waals surface area contributed by atoms with Crippen molar-refractivity contribution in [3.05, 3.63) is 29.8 Å². The minimum absolute atomic E-state index is 0.208. The molecule has 0 saturated heterocycles. The van der Waals surface area contributed by atoms with Gasteiger partial charge in [0.05, 0.1) is 17.7 Å². The molecule has 0 bridgehead atoms. The summed E-state index contributed by atoms with van der Waals surface area (Å²) >= 11 is 0. The lowest BCUT2D eigenvalue weighted by molar-refractivity contribution is -0.143. The Morgan fingerprint density at radius 2 is 1.95 bits per heavy atom. The average Bonchev–Trinajstić information content (AvgIpc) is 2.46. The van der Waals surface area contributed by atoms with Gasteiger partial charge in [-0.1, -0.05) is 0 Å². The van der Waals surface area contributed by atoms with Crippen molar-refractivity contribution in [3.63, 3.8) is 0 Å². The van der Waals surface area contributed by atoms with Crippen molar-refractivity contribution in [1.82, 2.24) is 4.90 Å². The highest BCUT2D eigenvalue weighted by Gasteiger charge is 2.44. The minimum atomic E-state index is -0.672. The molecule has 21 heavy (non-hydrogen) atoms. The number of likely N-dealkylation sites (N-methyl/N-ethyl adjacent to an activating group) is 1. The van der Waals surface area contributed by atoms with Crippen molar-refractivity contribution in [2.45, 2.75) is 37.8 Å². The number of nitrogens with zero attached hydrogens (tertiary/aromatic N) is 3. The highest BCUT2D eigenvalue weighted by molar-refractivity contribution is 5.82. The molecule has 0 spiro atoms. The fraction of sp³-hybridized carbons (Fsp3) is 0.438. The van der Waals surface area contributed by atoms with Gasteiger partial charge in [0.1, 0.15) is 11.3 Å². The SMILES string of the molecule is CC(Oc1ccc(C#N)cc1)C(=O)N(C)C1(C#N)CCC1. The van der Waals surface area contributed by atoms with E-state index < -0.39 is 11.6 Å². The Bertz CT molecular complexity index is 606. The molecule has 1 amide bonds. The zero-order chi connectivity index (χ0) is 15.5. The summed E-state index contributed by atoms with van der Waals surface area (Å²) < 4.78 is 5.59. The molecule has 0 heterocycles. The molecule has 5 nitrogen and oxygen atoms in total. The fourth-order valence-corrected chi connectivity index (χ4v) is 2.38. The van der Waals surface area contributed by atoms with Gasteiger partial charge >= 0.3 is 0 Å². The van der Waals surface area contributed by atoms with Crippen LogP contribution >= 0.6 is 0 Å². The highest BCUT2D eigenvalue weighted by Crippen LogP contribution is 2.36. The molecule has 1 aromatic rings. The molecular formula is C16H17N3O2. The van der Waals surface area contributed by atoms with Gasteiger partial charge in [-0.25, -0.2) is 0 Å². The number of benzene rings is 1. The van der Waals surface area contributed by atoms with Crippen molar-refractivity contribution in [1.29, 1.82) is 10.5 Å². The maximum absolute atomic E-state index is 12.4. The van der Waals surface area contributed by atoms with Gasteiger partial charge in [0.15, 0.2) is 6.10 Å². The summed E-state index contributed by atoms with van der Waals surface area (Å²) in [5, 5.41) is 18.0. The molecule has 0 radical (unpaired) electrons. The Labute approximate surface area is 124 Å². The second-order valence-electron chi connectivity index (χ2n) is 5.29. The van der Waals surface area contributed by atoms with Crippen LogP contribution in [0.2, 0.25) is 0 Å². The number of hydrogen-bond acceptors (Lipinski definition) is 4. The predicted octanol–water partition coefficient (Wildman–Crippen LogP) is 2.23. The topological polar surface area (TPSA) is 77.1 Å².